The number of benzene rings is 2. The fourth-order valence-corrected chi connectivity index (χ4v) is 2.32. The van der Waals surface area contributed by atoms with E-state index in [-0.39, 0.29) is 12.5 Å². The molecule has 0 aliphatic rings. The van der Waals surface area contributed by atoms with Gasteiger partial charge in [0.2, 0.25) is 0 Å². The maximum absolute atomic E-state index is 12.4. The van der Waals surface area contributed by atoms with E-state index in [1.165, 1.54) is 0 Å². The topological polar surface area (TPSA) is 12.0 Å². The highest BCUT2D eigenvalue weighted by molar-refractivity contribution is 5.86. The van der Waals surface area contributed by atoms with Gasteiger partial charge in [-0.2, -0.15) is 13.2 Å². The molecule has 2 aromatic rings. The van der Waals surface area contributed by atoms with Crippen LogP contribution in [0.1, 0.15) is 24.4 Å². The quantitative estimate of drug-likeness (QED) is 0.863. The zero-order valence-electron chi connectivity index (χ0n) is 10.7. The third-order valence-corrected chi connectivity index (χ3v) is 3.26. The highest BCUT2D eigenvalue weighted by Crippen LogP contribution is 2.30. The molecule has 0 fully saturated rings. The molecule has 0 heterocycles. The smallest absolute Gasteiger partial charge is 0.313 e. The molecule has 2 aromatic carbocycles. The summed E-state index contributed by atoms with van der Waals surface area (Å²) in [7, 11) is 1.70. The van der Waals surface area contributed by atoms with Gasteiger partial charge in [0.25, 0.3) is 0 Å². The Morgan fingerprint density at radius 1 is 1.05 bits per heavy atom. The second-order valence-corrected chi connectivity index (χ2v) is 4.56. The Kier molecular flexibility index (Phi) is 4.10. The van der Waals surface area contributed by atoms with E-state index >= 15 is 0 Å². The Labute approximate surface area is 110 Å². The van der Waals surface area contributed by atoms with Crippen molar-refractivity contribution in [1.29, 1.82) is 0 Å². The molecule has 1 unspecified atom stereocenters. The van der Waals surface area contributed by atoms with Gasteiger partial charge in [0.1, 0.15) is 0 Å². The van der Waals surface area contributed by atoms with E-state index < -0.39 is 12.6 Å². The summed E-state index contributed by atoms with van der Waals surface area (Å²) in [5.74, 6) is 0. The summed E-state index contributed by atoms with van der Waals surface area (Å²) in [6, 6.07) is 13.2. The van der Waals surface area contributed by atoms with E-state index in [4.69, 9.17) is 0 Å². The molecule has 0 spiro atoms. The van der Waals surface area contributed by atoms with Crippen molar-refractivity contribution >= 4 is 10.8 Å². The van der Waals surface area contributed by atoms with Crippen LogP contribution in [-0.2, 0) is 0 Å². The molecule has 0 aliphatic heterocycles. The van der Waals surface area contributed by atoms with Crippen LogP contribution in [0.4, 0.5) is 13.2 Å². The van der Waals surface area contributed by atoms with Crippen molar-refractivity contribution in [2.75, 3.05) is 7.05 Å². The molecule has 0 radical (unpaired) electrons. The molecule has 2 rings (SSSR count). The van der Waals surface area contributed by atoms with Crippen LogP contribution in [0.25, 0.3) is 10.8 Å². The summed E-state index contributed by atoms with van der Waals surface area (Å²) in [6.45, 7) is 0. The standard InChI is InChI=1S/C15H16F3N/c1-19-14(9-10-15(16,17)18)13-8-4-6-11-5-2-3-7-12(11)13/h2-8,14,19H,9-10H2,1H3. The molecule has 0 saturated carbocycles. The van der Waals surface area contributed by atoms with E-state index in [9.17, 15) is 13.2 Å². The third-order valence-electron chi connectivity index (χ3n) is 3.26. The van der Waals surface area contributed by atoms with E-state index in [0.29, 0.717) is 0 Å². The molecule has 0 aliphatic carbocycles. The zero-order valence-corrected chi connectivity index (χ0v) is 10.7. The van der Waals surface area contributed by atoms with Gasteiger partial charge in [-0.05, 0) is 29.8 Å². The van der Waals surface area contributed by atoms with Gasteiger partial charge in [-0.15, -0.1) is 0 Å². The SMILES string of the molecule is CNC(CCC(F)(F)F)c1cccc2ccccc12. The van der Waals surface area contributed by atoms with Gasteiger partial charge in [0, 0.05) is 12.5 Å². The minimum Gasteiger partial charge on any atom is -0.313 e. The molecule has 0 amide bonds. The molecule has 0 bridgehead atoms. The summed E-state index contributed by atoms with van der Waals surface area (Å²) in [4.78, 5) is 0. The van der Waals surface area contributed by atoms with Crippen LogP contribution in [0.5, 0.6) is 0 Å². The lowest BCUT2D eigenvalue weighted by Crippen LogP contribution is -2.19. The van der Waals surface area contributed by atoms with Gasteiger partial charge in [-0.1, -0.05) is 42.5 Å². The van der Waals surface area contributed by atoms with Gasteiger partial charge in [-0.3, -0.25) is 0 Å². The first kappa shape index (κ1) is 13.9. The predicted molar refractivity (Wildman–Crippen MR) is 71.0 cm³/mol. The zero-order chi connectivity index (χ0) is 13.9. The van der Waals surface area contributed by atoms with E-state index in [1.807, 2.05) is 42.5 Å². The van der Waals surface area contributed by atoms with Crippen LogP contribution in [-0.4, -0.2) is 13.2 Å². The van der Waals surface area contributed by atoms with Crippen LogP contribution >= 0.6 is 0 Å². The van der Waals surface area contributed by atoms with Gasteiger partial charge in [-0.25, -0.2) is 0 Å². The Morgan fingerprint density at radius 3 is 2.42 bits per heavy atom. The van der Waals surface area contributed by atoms with Gasteiger partial charge in [0.05, 0.1) is 0 Å². The summed E-state index contributed by atoms with van der Waals surface area (Å²) in [5, 5.41) is 5.04. The summed E-state index contributed by atoms with van der Waals surface area (Å²) in [5.41, 5.74) is 0.921. The average Bonchev–Trinajstić information content (AvgIpc) is 2.38. The second-order valence-electron chi connectivity index (χ2n) is 4.56. The van der Waals surface area contributed by atoms with Crippen molar-refractivity contribution in [2.45, 2.75) is 25.1 Å². The van der Waals surface area contributed by atoms with Crippen LogP contribution in [0.3, 0.4) is 0 Å². The number of halogens is 3. The Morgan fingerprint density at radius 2 is 1.74 bits per heavy atom. The maximum Gasteiger partial charge on any atom is 0.389 e. The monoisotopic (exact) mass is 267 g/mol. The highest BCUT2D eigenvalue weighted by atomic mass is 19.4. The van der Waals surface area contributed by atoms with E-state index in [0.717, 1.165) is 16.3 Å². The first-order valence-corrected chi connectivity index (χ1v) is 6.23. The number of fused-ring (bicyclic) bond motifs is 1. The van der Waals surface area contributed by atoms with Crippen LogP contribution in [0.2, 0.25) is 0 Å². The van der Waals surface area contributed by atoms with Crippen LogP contribution in [0.15, 0.2) is 42.5 Å². The minimum atomic E-state index is -4.11. The van der Waals surface area contributed by atoms with E-state index in [1.54, 1.807) is 7.05 Å². The molecule has 1 nitrogen and oxygen atoms in total. The average molecular weight is 267 g/mol. The molecule has 19 heavy (non-hydrogen) atoms. The normalized spacial score (nSPS) is 13.7. The van der Waals surface area contributed by atoms with Crippen molar-refractivity contribution in [3.63, 3.8) is 0 Å². The van der Waals surface area contributed by atoms with Crippen molar-refractivity contribution in [1.82, 2.24) is 5.32 Å². The number of alkyl halides is 3. The predicted octanol–water partition coefficient (Wildman–Crippen LogP) is 4.44. The highest BCUT2D eigenvalue weighted by Gasteiger charge is 2.28. The molecule has 1 atom stereocenters. The van der Waals surface area contributed by atoms with Crippen molar-refractivity contribution in [2.24, 2.45) is 0 Å². The fraction of sp³-hybridized carbons (Fsp3) is 0.333. The number of hydrogen-bond donors (Lipinski definition) is 1. The lowest BCUT2D eigenvalue weighted by Gasteiger charge is -2.19. The Bertz CT molecular complexity index is 543. The first-order valence-electron chi connectivity index (χ1n) is 6.23. The summed E-state index contributed by atoms with van der Waals surface area (Å²) in [6.07, 6.45) is -4.84. The lowest BCUT2D eigenvalue weighted by atomic mass is 9.96. The summed E-state index contributed by atoms with van der Waals surface area (Å²) >= 11 is 0. The molecule has 0 aromatic heterocycles. The molecule has 102 valence electrons. The molecule has 0 saturated heterocycles. The largest absolute Gasteiger partial charge is 0.389 e. The molecule has 1 N–H and O–H groups in total. The third kappa shape index (κ3) is 3.47. The first-order chi connectivity index (χ1) is 9.01. The Balaban J connectivity index is 2.30. The van der Waals surface area contributed by atoms with Gasteiger partial charge >= 0.3 is 6.18 Å². The second kappa shape index (κ2) is 5.61. The number of rotatable bonds is 4. The van der Waals surface area contributed by atoms with Gasteiger partial charge < -0.3 is 5.32 Å². The number of nitrogens with one attached hydrogen (secondary N) is 1. The Hall–Kier alpha value is -1.55. The maximum atomic E-state index is 12.4. The van der Waals surface area contributed by atoms with Gasteiger partial charge in [0.15, 0.2) is 0 Å². The lowest BCUT2D eigenvalue weighted by molar-refractivity contribution is -0.136. The summed E-state index contributed by atoms with van der Waals surface area (Å²) < 4.78 is 37.1. The molecule has 4 heteroatoms. The van der Waals surface area contributed by atoms with E-state index in [2.05, 4.69) is 5.32 Å². The van der Waals surface area contributed by atoms with Crippen LogP contribution < -0.4 is 5.32 Å². The van der Waals surface area contributed by atoms with Crippen molar-refractivity contribution < 1.29 is 13.2 Å². The molecular formula is C15H16F3N. The van der Waals surface area contributed by atoms with Crippen molar-refractivity contribution in [3.05, 3.63) is 48.0 Å². The fourth-order valence-electron chi connectivity index (χ4n) is 2.32. The minimum absolute atomic E-state index is 0.0496. The van der Waals surface area contributed by atoms with Crippen LogP contribution in [0, 0.1) is 0 Å². The number of hydrogen-bond acceptors (Lipinski definition) is 1. The molecular weight excluding hydrogens is 251 g/mol. The van der Waals surface area contributed by atoms with Crippen molar-refractivity contribution in [3.8, 4) is 0 Å².